The number of hydrogen-bond donors (Lipinski definition) is 2. The quantitative estimate of drug-likeness (QED) is 0.739. The maximum atomic E-state index is 12.6. The standard InChI is InChI=1S/C20H27N3O4/c1-27-20(26)17-14-23(12-13-24)19(25)18(17)21-15-6-8-16(9-7-15)22-10-4-2-3-5-11-22/h6-9,21,24H,2-5,10-14H2,1H3. The number of esters is 1. The molecule has 27 heavy (non-hydrogen) atoms. The SMILES string of the molecule is COC(=O)C1=C(Nc2ccc(N3CCCCCC3)cc2)C(=O)N(CCO)C1. The molecule has 1 aromatic rings. The van der Waals surface area contributed by atoms with Gasteiger partial charge >= 0.3 is 5.97 Å². The van der Waals surface area contributed by atoms with Crippen molar-refractivity contribution in [2.45, 2.75) is 25.7 Å². The summed E-state index contributed by atoms with van der Waals surface area (Å²) < 4.78 is 4.80. The molecule has 0 unspecified atom stereocenters. The largest absolute Gasteiger partial charge is 0.466 e. The van der Waals surface area contributed by atoms with Crippen molar-refractivity contribution in [3.8, 4) is 0 Å². The Balaban J connectivity index is 1.75. The maximum Gasteiger partial charge on any atom is 0.337 e. The van der Waals surface area contributed by atoms with Crippen molar-refractivity contribution in [2.24, 2.45) is 0 Å². The van der Waals surface area contributed by atoms with Crippen LogP contribution in [0.4, 0.5) is 11.4 Å². The van der Waals surface area contributed by atoms with Crippen molar-refractivity contribution >= 4 is 23.3 Å². The summed E-state index contributed by atoms with van der Waals surface area (Å²) in [5, 5.41) is 12.2. The van der Waals surface area contributed by atoms with Gasteiger partial charge in [-0.2, -0.15) is 0 Å². The molecule has 3 rings (SSSR count). The van der Waals surface area contributed by atoms with Gasteiger partial charge < -0.3 is 25.0 Å². The second kappa shape index (κ2) is 8.90. The highest BCUT2D eigenvalue weighted by Gasteiger charge is 2.34. The first kappa shape index (κ1) is 19.2. The third-order valence-corrected chi connectivity index (χ3v) is 5.06. The monoisotopic (exact) mass is 373 g/mol. The highest BCUT2D eigenvalue weighted by atomic mass is 16.5. The molecular formula is C20H27N3O4. The normalized spacial score (nSPS) is 17.9. The summed E-state index contributed by atoms with van der Waals surface area (Å²) in [5.74, 6) is -0.839. The number of nitrogens with zero attached hydrogens (tertiary/aromatic N) is 2. The highest BCUT2D eigenvalue weighted by Crippen LogP contribution is 2.25. The van der Waals surface area contributed by atoms with Crippen LogP contribution in [0.3, 0.4) is 0 Å². The molecule has 2 heterocycles. The molecule has 7 nitrogen and oxygen atoms in total. The van der Waals surface area contributed by atoms with Gasteiger partial charge in [-0.1, -0.05) is 12.8 Å². The van der Waals surface area contributed by atoms with E-state index in [4.69, 9.17) is 9.84 Å². The molecule has 0 spiro atoms. The number of rotatable bonds is 6. The molecule has 0 radical (unpaired) electrons. The van der Waals surface area contributed by atoms with E-state index in [1.54, 1.807) is 0 Å². The highest BCUT2D eigenvalue weighted by molar-refractivity contribution is 6.08. The van der Waals surface area contributed by atoms with E-state index in [9.17, 15) is 9.59 Å². The second-order valence-corrected chi connectivity index (χ2v) is 6.87. The number of amides is 1. The molecule has 0 aromatic heterocycles. The molecule has 2 aliphatic heterocycles. The molecule has 1 aromatic carbocycles. The van der Waals surface area contributed by atoms with E-state index < -0.39 is 5.97 Å². The molecule has 0 aliphatic carbocycles. The Morgan fingerprint density at radius 3 is 2.41 bits per heavy atom. The van der Waals surface area contributed by atoms with Gasteiger partial charge in [-0.15, -0.1) is 0 Å². The zero-order valence-electron chi connectivity index (χ0n) is 15.7. The number of aliphatic hydroxyl groups is 1. The molecule has 1 saturated heterocycles. The molecule has 2 aliphatic rings. The lowest BCUT2D eigenvalue weighted by molar-refractivity contribution is -0.136. The van der Waals surface area contributed by atoms with Crippen molar-refractivity contribution in [3.63, 3.8) is 0 Å². The van der Waals surface area contributed by atoms with E-state index in [-0.39, 0.29) is 36.9 Å². The summed E-state index contributed by atoms with van der Waals surface area (Å²) in [4.78, 5) is 28.4. The maximum absolute atomic E-state index is 12.6. The Labute approximate surface area is 159 Å². The lowest BCUT2D eigenvalue weighted by Crippen LogP contribution is -2.31. The number of nitrogens with one attached hydrogen (secondary N) is 1. The van der Waals surface area contributed by atoms with E-state index in [1.165, 1.54) is 43.4 Å². The zero-order chi connectivity index (χ0) is 19.2. The molecule has 0 saturated carbocycles. The lowest BCUT2D eigenvalue weighted by atomic mass is 10.2. The number of benzene rings is 1. The van der Waals surface area contributed by atoms with Crippen LogP contribution in [0.5, 0.6) is 0 Å². The summed E-state index contributed by atoms with van der Waals surface area (Å²) in [7, 11) is 1.29. The van der Waals surface area contributed by atoms with E-state index >= 15 is 0 Å². The van der Waals surface area contributed by atoms with E-state index in [0.717, 1.165) is 18.8 Å². The van der Waals surface area contributed by atoms with Gasteiger partial charge in [0.15, 0.2) is 0 Å². The molecule has 1 amide bonds. The number of ether oxygens (including phenoxy) is 1. The Bertz CT molecular complexity index is 706. The number of β-amino-alcohol motifs (C(OH)–C–C–N with tert-alkyl or cyclic N) is 1. The van der Waals surface area contributed by atoms with Crippen LogP contribution in [-0.2, 0) is 14.3 Å². The van der Waals surface area contributed by atoms with Crippen LogP contribution in [0.15, 0.2) is 35.5 Å². The Hall–Kier alpha value is -2.54. The van der Waals surface area contributed by atoms with Crippen LogP contribution in [0.1, 0.15) is 25.7 Å². The first-order valence-electron chi connectivity index (χ1n) is 9.47. The van der Waals surface area contributed by atoms with Crippen LogP contribution in [0.2, 0.25) is 0 Å². The van der Waals surface area contributed by atoms with Crippen molar-refractivity contribution in [3.05, 3.63) is 35.5 Å². The first-order chi connectivity index (χ1) is 13.1. The van der Waals surface area contributed by atoms with Crippen LogP contribution in [0, 0.1) is 0 Å². The summed E-state index contributed by atoms with van der Waals surface area (Å²) >= 11 is 0. The van der Waals surface area contributed by atoms with Gasteiger partial charge in [-0.05, 0) is 37.1 Å². The van der Waals surface area contributed by atoms with Gasteiger partial charge in [0.2, 0.25) is 0 Å². The second-order valence-electron chi connectivity index (χ2n) is 6.87. The fourth-order valence-corrected chi connectivity index (χ4v) is 3.58. The van der Waals surface area contributed by atoms with Crippen molar-refractivity contribution < 1.29 is 19.4 Å². The molecule has 0 atom stereocenters. The Kier molecular flexibility index (Phi) is 6.34. The van der Waals surface area contributed by atoms with Gasteiger partial charge in [0, 0.05) is 31.0 Å². The zero-order valence-corrected chi connectivity index (χ0v) is 15.7. The third-order valence-electron chi connectivity index (χ3n) is 5.06. The first-order valence-corrected chi connectivity index (χ1v) is 9.47. The topological polar surface area (TPSA) is 82.1 Å². The number of carbonyl (C=O) groups excluding carboxylic acids is 2. The number of anilines is 2. The van der Waals surface area contributed by atoms with Gasteiger partial charge in [-0.25, -0.2) is 4.79 Å². The van der Waals surface area contributed by atoms with Crippen LogP contribution in [-0.4, -0.2) is 61.8 Å². The van der Waals surface area contributed by atoms with E-state index in [1.807, 2.05) is 24.3 Å². The van der Waals surface area contributed by atoms with E-state index in [2.05, 4.69) is 10.2 Å². The number of methoxy groups -OCH3 is 1. The van der Waals surface area contributed by atoms with E-state index in [0.29, 0.717) is 0 Å². The fourth-order valence-electron chi connectivity index (χ4n) is 3.58. The average Bonchev–Trinajstić information content (AvgIpc) is 2.87. The van der Waals surface area contributed by atoms with Gasteiger partial charge in [0.05, 0.1) is 25.8 Å². The van der Waals surface area contributed by atoms with Crippen LogP contribution in [0.25, 0.3) is 0 Å². The minimum Gasteiger partial charge on any atom is -0.466 e. The molecule has 146 valence electrons. The van der Waals surface area contributed by atoms with Crippen molar-refractivity contribution in [1.29, 1.82) is 0 Å². The molecule has 1 fully saturated rings. The summed E-state index contributed by atoms with van der Waals surface area (Å²) in [5.41, 5.74) is 2.42. The van der Waals surface area contributed by atoms with Gasteiger partial charge in [0.1, 0.15) is 5.70 Å². The molecule has 2 N–H and O–H groups in total. The molecule has 7 heteroatoms. The number of aliphatic hydroxyl groups excluding tert-OH is 1. The summed E-state index contributed by atoms with van der Waals surface area (Å²) in [6.45, 7) is 2.30. The van der Waals surface area contributed by atoms with Crippen LogP contribution < -0.4 is 10.2 Å². The fraction of sp³-hybridized carbons (Fsp3) is 0.500. The molecule has 0 bridgehead atoms. The number of hydrogen-bond acceptors (Lipinski definition) is 6. The van der Waals surface area contributed by atoms with Crippen molar-refractivity contribution in [2.75, 3.05) is 50.1 Å². The van der Waals surface area contributed by atoms with Gasteiger partial charge in [0.25, 0.3) is 5.91 Å². The number of carbonyl (C=O) groups is 2. The third kappa shape index (κ3) is 4.42. The summed E-state index contributed by atoms with van der Waals surface area (Å²) in [6.07, 6.45) is 5.00. The van der Waals surface area contributed by atoms with Gasteiger partial charge in [-0.3, -0.25) is 4.79 Å². The summed E-state index contributed by atoms with van der Waals surface area (Å²) in [6, 6.07) is 7.92. The predicted molar refractivity (Wildman–Crippen MR) is 103 cm³/mol. The van der Waals surface area contributed by atoms with Crippen molar-refractivity contribution in [1.82, 2.24) is 4.90 Å². The minimum absolute atomic E-state index is 0.139. The minimum atomic E-state index is -0.535. The smallest absolute Gasteiger partial charge is 0.337 e. The lowest BCUT2D eigenvalue weighted by Gasteiger charge is -2.23. The Morgan fingerprint density at radius 2 is 1.81 bits per heavy atom. The predicted octanol–water partition coefficient (Wildman–Crippen LogP) is 1.74. The molecular weight excluding hydrogens is 346 g/mol. The van der Waals surface area contributed by atoms with Crippen LogP contribution >= 0.6 is 0 Å². The average molecular weight is 373 g/mol. The Morgan fingerprint density at radius 1 is 1.15 bits per heavy atom.